The minimum absolute atomic E-state index is 0.0241. The Labute approximate surface area is 164 Å². The molecule has 3 aromatic rings. The summed E-state index contributed by atoms with van der Waals surface area (Å²) in [5.74, 6) is -0.0241. The van der Waals surface area contributed by atoms with Crippen molar-refractivity contribution in [2.45, 2.75) is 45.2 Å². The molecule has 0 aliphatic carbocycles. The lowest BCUT2D eigenvalue weighted by Crippen LogP contribution is -2.39. The van der Waals surface area contributed by atoms with Gasteiger partial charge in [-0.1, -0.05) is 25.0 Å². The van der Waals surface area contributed by atoms with Crippen LogP contribution in [0.5, 0.6) is 0 Å². The molecular weight excluding hydrogens is 352 g/mol. The van der Waals surface area contributed by atoms with Crippen LogP contribution >= 0.6 is 0 Å². The second kappa shape index (κ2) is 7.62. The Hall–Kier alpha value is -2.89. The number of nitrogens with zero attached hydrogens (tertiary/aromatic N) is 4. The van der Waals surface area contributed by atoms with Gasteiger partial charge in [0.15, 0.2) is 0 Å². The van der Waals surface area contributed by atoms with Gasteiger partial charge in [0.25, 0.3) is 5.56 Å². The van der Waals surface area contributed by atoms with Gasteiger partial charge in [-0.2, -0.15) is 0 Å². The molecule has 0 unspecified atom stereocenters. The van der Waals surface area contributed by atoms with E-state index in [2.05, 4.69) is 15.6 Å². The van der Waals surface area contributed by atoms with E-state index >= 15 is 0 Å². The zero-order chi connectivity index (χ0) is 19.7. The van der Waals surface area contributed by atoms with Crippen LogP contribution in [0.4, 0.5) is 0 Å². The molecule has 1 fully saturated rings. The van der Waals surface area contributed by atoms with Crippen LogP contribution in [0.3, 0.4) is 0 Å². The minimum Gasteiger partial charge on any atom is -0.353 e. The first-order chi connectivity index (χ1) is 13.6. The van der Waals surface area contributed by atoms with E-state index in [1.54, 1.807) is 6.07 Å². The molecule has 1 amide bonds. The zero-order valence-corrected chi connectivity index (χ0v) is 16.5. The van der Waals surface area contributed by atoms with Gasteiger partial charge in [0.2, 0.25) is 5.91 Å². The molecule has 1 atom stereocenters. The lowest BCUT2D eigenvalue weighted by Gasteiger charge is -2.31. The van der Waals surface area contributed by atoms with Gasteiger partial charge in [0.1, 0.15) is 6.54 Å². The Kier molecular flexibility index (Phi) is 5.03. The van der Waals surface area contributed by atoms with Gasteiger partial charge < -0.3 is 9.47 Å². The zero-order valence-electron chi connectivity index (χ0n) is 16.5. The molecule has 2 aromatic heterocycles. The van der Waals surface area contributed by atoms with E-state index in [0.29, 0.717) is 10.9 Å². The molecule has 6 nitrogen and oxygen atoms in total. The van der Waals surface area contributed by atoms with Crippen LogP contribution in [0.25, 0.3) is 10.9 Å². The van der Waals surface area contributed by atoms with Gasteiger partial charge >= 0.3 is 0 Å². The third-order valence-electron chi connectivity index (χ3n) is 5.76. The predicted molar refractivity (Wildman–Crippen MR) is 109 cm³/mol. The number of carbonyl (C=O) groups excluding carboxylic acids is 1. The van der Waals surface area contributed by atoms with Crippen LogP contribution in [0.15, 0.2) is 47.7 Å². The standard InChI is InChI=1S/C22H26N4O2/c1-16-8-6-9-17-21(16)23-15-25(22(17)28)14-20(27)26-13-5-3-4-10-19(26)18-11-7-12-24(18)2/h6-9,11-12,15,19H,3-5,10,13-14H2,1-2H3/t19-/m1/s1. The summed E-state index contributed by atoms with van der Waals surface area (Å²) in [5, 5.41) is 0.560. The summed E-state index contributed by atoms with van der Waals surface area (Å²) >= 11 is 0. The molecule has 3 heterocycles. The van der Waals surface area contributed by atoms with E-state index in [9.17, 15) is 9.59 Å². The van der Waals surface area contributed by atoms with Crippen molar-refractivity contribution in [3.63, 3.8) is 0 Å². The van der Waals surface area contributed by atoms with E-state index in [4.69, 9.17) is 0 Å². The van der Waals surface area contributed by atoms with Crippen molar-refractivity contribution in [3.8, 4) is 0 Å². The van der Waals surface area contributed by atoms with E-state index in [-0.39, 0.29) is 24.1 Å². The number of likely N-dealkylation sites (tertiary alicyclic amines) is 1. The Morgan fingerprint density at radius 3 is 2.82 bits per heavy atom. The van der Waals surface area contributed by atoms with Gasteiger partial charge in [0.05, 0.1) is 23.3 Å². The molecule has 6 heteroatoms. The smallest absolute Gasteiger partial charge is 0.261 e. The second-order valence-electron chi connectivity index (χ2n) is 7.64. The van der Waals surface area contributed by atoms with Crippen LogP contribution in [-0.2, 0) is 18.4 Å². The Morgan fingerprint density at radius 2 is 2.04 bits per heavy atom. The van der Waals surface area contributed by atoms with Gasteiger partial charge in [0, 0.05) is 25.5 Å². The lowest BCUT2D eigenvalue weighted by atomic mass is 10.1. The van der Waals surface area contributed by atoms with Crippen LogP contribution < -0.4 is 5.56 Å². The number of hydrogen-bond donors (Lipinski definition) is 0. The molecule has 0 spiro atoms. The van der Waals surface area contributed by atoms with E-state index in [0.717, 1.165) is 43.5 Å². The third-order valence-corrected chi connectivity index (χ3v) is 5.76. The van der Waals surface area contributed by atoms with Crippen molar-refractivity contribution in [2.75, 3.05) is 6.54 Å². The van der Waals surface area contributed by atoms with Crippen molar-refractivity contribution in [3.05, 3.63) is 64.5 Å². The average molecular weight is 378 g/mol. The van der Waals surface area contributed by atoms with Crippen LogP contribution in [-0.4, -0.2) is 31.5 Å². The molecule has 4 rings (SSSR count). The van der Waals surface area contributed by atoms with Gasteiger partial charge in [-0.15, -0.1) is 0 Å². The molecule has 1 aliphatic rings. The first-order valence-corrected chi connectivity index (χ1v) is 9.91. The van der Waals surface area contributed by atoms with Gasteiger partial charge in [-0.3, -0.25) is 14.2 Å². The number of para-hydroxylation sites is 1. The highest BCUT2D eigenvalue weighted by atomic mass is 16.2. The van der Waals surface area contributed by atoms with Crippen molar-refractivity contribution < 1.29 is 4.79 Å². The topological polar surface area (TPSA) is 60.1 Å². The monoisotopic (exact) mass is 378 g/mol. The van der Waals surface area contributed by atoms with Gasteiger partial charge in [-0.25, -0.2) is 4.98 Å². The van der Waals surface area contributed by atoms with Crippen molar-refractivity contribution in [2.24, 2.45) is 7.05 Å². The Balaban J connectivity index is 1.65. The fraction of sp³-hybridized carbons (Fsp3) is 0.409. The van der Waals surface area contributed by atoms with Crippen LogP contribution in [0.2, 0.25) is 0 Å². The maximum atomic E-state index is 13.2. The lowest BCUT2D eigenvalue weighted by molar-refractivity contribution is -0.134. The number of amides is 1. The fourth-order valence-corrected chi connectivity index (χ4v) is 4.22. The highest BCUT2D eigenvalue weighted by Crippen LogP contribution is 2.30. The highest BCUT2D eigenvalue weighted by Gasteiger charge is 2.28. The quantitative estimate of drug-likeness (QED) is 0.703. The molecule has 1 aliphatic heterocycles. The fourth-order valence-electron chi connectivity index (χ4n) is 4.22. The van der Waals surface area contributed by atoms with Gasteiger partial charge in [-0.05, 0) is 43.5 Å². The number of aryl methyl sites for hydroxylation is 2. The SMILES string of the molecule is Cc1cccc2c(=O)n(CC(=O)N3CCCCC[C@@H]3c3cccn3C)cnc12. The minimum atomic E-state index is -0.160. The van der Waals surface area contributed by atoms with Crippen molar-refractivity contribution in [1.29, 1.82) is 0 Å². The number of benzene rings is 1. The van der Waals surface area contributed by atoms with Crippen LogP contribution in [0.1, 0.15) is 43.0 Å². The third kappa shape index (κ3) is 3.35. The molecule has 0 saturated carbocycles. The molecule has 146 valence electrons. The first-order valence-electron chi connectivity index (χ1n) is 9.91. The molecule has 28 heavy (non-hydrogen) atoms. The van der Waals surface area contributed by atoms with Crippen molar-refractivity contribution >= 4 is 16.8 Å². The molecule has 0 bridgehead atoms. The molecule has 0 radical (unpaired) electrons. The molecule has 1 aromatic carbocycles. The number of aromatic nitrogens is 3. The summed E-state index contributed by atoms with van der Waals surface area (Å²) in [7, 11) is 2.02. The number of rotatable bonds is 3. The summed E-state index contributed by atoms with van der Waals surface area (Å²) in [5.41, 5.74) is 2.65. The van der Waals surface area contributed by atoms with Crippen molar-refractivity contribution in [1.82, 2.24) is 19.0 Å². The number of fused-ring (bicyclic) bond motifs is 1. The van der Waals surface area contributed by atoms with E-state index in [1.807, 2.05) is 43.3 Å². The summed E-state index contributed by atoms with van der Waals surface area (Å²) in [6.07, 6.45) is 7.70. The molecular formula is C22H26N4O2. The van der Waals surface area contributed by atoms with Crippen LogP contribution in [0, 0.1) is 6.92 Å². The Morgan fingerprint density at radius 1 is 1.18 bits per heavy atom. The Bertz CT molecular complexity index is 1070. The molecule has 0 N–H and O–H groups in total. The van der Waals surface area contributed by atoms with E-state index in [1.165, 1.54) is 10.9 Å². The summed E-state index contributed by atoms with van der Waals surface area (Å²) < 4.78 is 3.53. The first kappa shape index (κ1) is 18.5. The highest BCUT2D eigenvalue weighted by molar-refractivity contribution is 5.81. The summed E-state index contributed by atoms with van der Waals surface area (Å²) in [6, 6.07) is 9.73. The predicted octanol–water partition coefficient (Wildman–Crippen LogP) is 3.19. The average Bonchev–Trinajstić information content (AvgIpc) is 2.96. The summed E-state index contributed by atoms with van der Waals surface area (Å²) in [4.78, 5) is 32.5. The normalized spacial score (nSPS) is 17.6. The van der Waals surface area contributed by atoms with E-state index < -0.39 is 0 Å². The maximum Gasteiger partial charge on any atom is 0.261 e. The largest absolute Gasteiger partial charge is 0.353 e. The molecule has 1 saturated heterocycles. The number of hydrogen-bond acceptors (Lipinski definition) is 3. The second-order valence-corrected chi connectivity index (χ2v) is 7.64. The maximum absolute atomic E-state index is 13.2. The number of carbonyl (C=O) groups is 1. The summed E-state index contributed by atoms with van der Waals surface area (Å²) in [6.45, 7) is 2.69.